The first-order valence-electron chi connectivity index (χ1n) is 30.3. The summed E-state index contributed by atoms with van der Waals surface area (Å²) >= 11 is 1.59. The Bertz CT molecular complexity index is 3150. The normalized spacial score (nSPS) is 17.4. The summed E-state index contributed by atoms with van der Waals surface area (Å²) in [4.78, 5) is 66.8. The Hall–Kier alpha value is -6.80. The second kappa shape index (κ2) is 29.3. The molecule has 0 saturated carbocycles. The maximum absolute atomic E-state index is 14.1. The van der Waals surface area contributed by atoms with Gasteiger partial charge in [0.05, 0.1) is 33.3 Å². The molecule has 0 bridgehead atoms. The van der Waals surface area contributed by atoms with Crippen molar-refractivity contribution in [1.82, 2.24) is 35.6 Å². The van der Waals surface area contributed by atoms with E-state index in [-0.39, 0.29) is 49.2 Å². The van der Waals surface area contributed by atoms with Gasteiger partial charge in [0.1, 0.15) is 23.7 Å². The number of β-amino-alcohol motifs (C(OH)–C–C–N with tert-alkyl or cyclic N) is 1. The molecule has 4 amide bonds. The molecular weight excluding hydrogens is 1090 g/mol. The molecule has 3 aliphatic heterocycles. The van der Waals surface area contributed by atoms with Gasteiger partial charge < -0.3 is 40.9 Å². The van der Waals surface area contributed by atoms with Gasteiger partial charge in [0.15, 0.2) is 5.82 Å². The Labute approximate surface area is 496 Å². The zero-order valence-electron chi connectivity index (χ0n) is 49.3. The standard InChI is InChI=1S/C65H84F2N10O6S/c1-43-59(84-42-69-43)47-19-16-44(17-20-47)40-68-63(81)57-39-52(78)41-77(57)64(82)60(65(2,3)4)71-58(79)15-13-11-9-7-5-6-8-10-12-14-26-75-27-29-76(30-28-75)51-21-22-53(56(38-51)70-50-24-31-83-32-25-50)62(80)72-61-54-36-45(18-23-55(54)73-74-61)33-46-34-48(66)37-49(67)35-46/h16-23,34-38,42,50,52,57,60,70,78H,5-15,24-33,39-41H2,1-4H3,(H,68,81)(H,71,79)(H2,72,73,74,80)/t52-,57+,60?/m1/s1. The number of likely N-dealkylation sites (tertiary alicyclic amines) is 1. The summed E-state index contributed by atoms with van der Waals surface area (Å²) in [6.07, 6.45) is 12.7. The number of amides is 4. The van der Waals surface area contributed by atoms with Crippen LogP contribution in [0.3, 0.4) is 0 Å². The zero-order chi connectivity index (χ0) is 59.2. The number of thiazole rings is 1. The first-order valence-corrected chi connectivity index (χ1v) is 31.2. The number of rotatable bonds is 26. The number of fused-ring (bicyclic) bond motifs is 1. The molecule has 450 valence electrons. The van der Waals surface area contributed by atoms with Gasteiger partial charge in [-0.25, -0.2) is 13.8 Å². The highest BCUT2D eigenvalue weighted by Gasteiger charge is 2.44. The Morgan fingerprint density at radius 3 is 2.17 bits per heavy atom. The number of carbonyl (C=O) groups is 4. The van der Waals surface area contributed by atoms with Crippen LogP contribution in [0.1, 0.15) is 143 Å². The fourth-order valence-electron chi connectivity index (χ4n) is 11.8. The number of carbonyl (C=O) groups excluding carboxylic acids is 4. The largest absolute Gasteiger partial charge is 0.391 e. The van der Waals surface area contributed by atoms with E-state index in [1.54, 1.807) is 11.3 Å². The number of halogens is 2. The Balaban J connectivity index is 0.644. The lowest BCUT2D eigenvalue weighted by Crippen LogP contribution is -2.57. The number of unbranched alkanes of at least 4 members (excludes halogenated alkanes) is 9. The molecule has 3 fully saturated rings. The van der Waals surface area contributed by atoms with E-state index < -0.39 is 35.2 Å². The van der Waals surface area contributed by atoms with Crippen LogP contribution in [-0.4, -0.2) is 130 Å². The van der Waals surface area contributed by atoms with Crippen molar-refractivity contribution in [1.29, 1.82) is 0 Å². The molecule has 2 aromatic heterocycles. The zero-order valence-corrected chi connectivity index (χ0v) is 50.1. The number of anilines is 3. The van der Waals surface area contributed by atoms with Crippen LogP contribution in [0.4, 0.5) is 26.0 Å². The number of aliphatic hydroxyl groups excluding tert-OH is 1. The lowest BCUT2D eigenvalue weighted by molar-refractivity contribution is -0.144. The van der Waals surface area contributed by atoms with Crippen molar-refractivity contribution < 1.29 is 37.8 Å². The predicted octanol–water partition coefficient (Wildman–Crippen LogP) is 10.9. The van der Waals surface area contributed by atoms with E-state index in [9.17, 15) is 33.1 Å². The summed E-state index contributed by atoms with van der Waals surface area (Å²) in [5.41, 5.74) is 8.61. The maximum atomic E-state index is 14.1. The fraction of sp³-hybridized carbons (Fsp3) is 0.508. The van der Waals surface area contributed by atoms with E-state index in [4.69, 9.17) is 4.74 Å². The number of aryl methyl sites for hydroxylation is 1. The van der Waals surface area contributed by atoms with Crippen LogP contribution in [0.15, 0.2) is 84.4 Å². The van der Waals surface area contributed by atoms with Gasteiger partial charge in [-0.15, -0.1) is 11.3 Å². The van der Waals surface area contributed by atoms with Gasteiger partial charge in [-0.2, -0.15) is 5.10 Å². The summed E-state index contributed by atoms with van der Waals surface area (Å²) < 4.78 is 33.5. The van der Waals surface area contributed by atoms with Crippen molar-refractivity contribution in [3.63, 3.8) is 0 Å². The Morgan fingerprint density at radius 2 is 1.49 bits per heavy atom. The molecule has 3 aliphatic rings. The third-order valence-corrected chi connectivity index (χ3v) is 17.6. The molecule has 5 heterocycles. The minimum Gasteiger partial charge on any atom is -0.391 e. The van der Waals surface area contributed by atoms with Crippen LogP contribution >= 0.6 is 11.3 Å². The predicted molar refractivity (Wildman–Crippen MR) is 328 cm³/mol. The van der Waals surface area contributed by atoms with Crippen molar-refractivity contribution in [2.75, 3.05) is 68.0 Å². The van der Waals surface area contributed by atoms with E-state index in [2.05, 4.69) is 52.3 Å². The number of aliphatic hydroxyl groups is 1. The molecular formula is C65H84F2N10O6S. The number of nitrogens with one attached hydrogen (secondary N) is 5. The van der Waals surface area contributed by atoms with Crippen molar-refractivity contribution in [2.45, 2.75) is 155 Å². The molecule has 3 saturated heterocycles. The number of aromatic amines is 1. The molecule has 6 aromatic rings. The molecule has 0 radical (unpaired) electrons. The quantitative estimate of drug-likeness (QED) is 0.0283. The number of hydrogen-bond donors (Lipinski definition) is 6. The van der Waals surface area contributed by atoms with E-state index in [0.717, 1.165) is 121 Å². The molecule has 6 N–H and O–H groups in total. The van der Waals surface area contributed by atoms with Crippen LogP contribution in [0.25, 0.3) is 21.3 Å². The molecule has 4 aromatic carbocycles. The van der Waals surface area contributed by atoms with E-state index >= 15 is 0 Å². The molecule has 0 spiro atoms. The van der Waals surface area contributed by atoms with Gasteiger partial charge in [-0.05, 0) is 116 Å². The van der Waals surface area contributed by atoms with E-state index in [1.165, 1.54) is 55.6 Å². The summed E-state index contributed by atoms with van der Waals surface area (Å²) in [7, 11) is 0. The monoisotopic (exact) mass is 1170 g/mol. The highest BCUT2D eigenvalue weighted by molar-refractivity contribution is 7.13. The number of aromatic nitrogens is 3. The average Bonchev–Trinajstić information content (AvgIpc) is 3.34. The molecule has 19 heteroatoms. The number of nitrogens with zero attached hydrogens (tertiary/aromatic N) is 5. The Kier molecular flexibility index (Phi) is 21.6. The Morgan fingerprint density at radius 1 is 0.810 bits per heavy atom. The summed E-state index contributed by atoms with van der Waals surface area (Å²) in [6.45, 7) is 14.2. The van der Waals surface area contributed by atoms with Crippen molar-refractivity contribution in [2.24, 2.45) is 5.41 Å². The van der Waals surface area contributed by atoms with Crippen LogP contribution < -0.4 is 26.2 Å². The van der Waals surface area contributed by atoms with Crippen molar-refractivity contribution in [3.05, 3.63) is 124 Å². The van der Waals surface area contributed by atoms with Gasteiger partial charge in [-0.1, -0.05) is 102 Å². The van der Waals surface area contributed by atoms with E-state index in [0.29, 0.717) is 48.4 Å². The number of H-pyrrole nitrogens is 1. The number of benzene rings is 4. The first kappa shape index (κ1) is 61.8. The minimum absolute atomic E-state index is 0.0379. The third-order valence-electron chi connectivity index (χ3n) is 16.6. The van der Waals surface area contributed by atoms with Gasteiger partial charge >= 0.3 is 0 Å². The van der Waals surface area contributed by atoms with Crippen LogP contribution in [0, 0.1) is 24.0 Å². The summed E-state index contributed by atoms with van der Waals surface area (Å²) in [6, 6.07) is 21.6. The number of ether oxygens (including phenoxy) is 1. The van der Waals surface area contributed by atoms with Gasteiger partial charge in [0.25, 0.3) is 5.91 Å². The highest BCUT2D eigenvalue weighted by atomic mass is 32.1. The summed E-state index contributed by atoms with van der Waals surface area (Å²) in [5.74, 6) is -2.01. The lowest BCUT2D eigenvalue weighted by Gasteiger charge is -2.36. The molecule has 16 nitrogen and oxygen atoms in total. The summed E-state index contributed by atoms with van der Waals surface area (Å²) in [5, 5.41) is 31.4. The molecule has 1 unspecified atom stereocenters. The molecule has 3 atom stereocenters. The number of hydrogen-bond acceptors (Lipinski definition) is 12. The molecule has 84 heavy (non-hydrogen) atoms. The third kappa shape index (κ3) is 17.0. The SMILES string of the molecule is Cc1ncsc1-c1ccc(CNC(=O)[C@@H]2C[C@@H](O)CN2C(=O)C(NC(=O)CCCCCCCCCCCCN2CCN(c3ccc(C(=O)Nc4n[nH]c5ccc(Cc6cc(F)cc(F)c6)cc45)c(NC4CCOCC4)c3)CC2)C(C)(C)C)cc1. The van der Waals surface area contributed by atoms with Crippen LogP contribution in [0.5, 0.6) is 0 Å². The van der Waals surface area contributed by atoms with Crippen molar-refractivity contribution in [3.8, 4) is 10.4 Å². The molecule has 0 aliphatic carbocycles. The molecule has 9 rings (SSSR count). The van der Waals surface area contributed by atoms with Gasteiger partial charge in [0.2, 0.25) is 17.7 Å². The topological polar surface area (TPSA) is 197 Å². The second-order valence-electron chi connectivity index (χ2n) is 24.2. The maximum Gasteiger partial charge on any atom is 0.258 e. The fourth-order valence-corrected chi connectivity index (χ4v) is 12.6. The van der Waals surface area contributed by atoms with Gasteiger partial charge in [-0.3, -0.25) is 29.2 Å². The van der Waals surface area contributed by atoms with Crippen molar-refractivity contribution >= 4 is 63.1 Å². The first-order chi connectivity index (χ1) is 40.5. The average molecular weight is 1170 g/mol. The van der Waals surface area contributed by atoms with Gasteiger partial charge in [0, 0.05) is 94.2 Å². The lowest BCUT2D eigenvalue weighted by atomic mass is 9.85. The highest BCUT2D eigenvalue weighted by Crippen LogP contribution is 2.32. The van der Waals surface area contributed by atoms with Crippen LogP contribution in [0.2, 0.25) is 0 Å². The van der Waals surface area contributed by atoms with E-state index in [1.807, 2.05) is 87.8 Å². The van der Waals surface area contributed by atoms with Crippen LogP contribution in [-0.2, 0) is 32.1 Å². The number of piperazine rings is 1. The second-order valence-corrected chi connectivity index (χ2v) is 25.0. The minimum atomic E-state index is -0.841. The smallest absolute Gasteiger partial charge is 0.258 e.